The molecule has 0 spiro atoms. The van der Waals surface area contributed by atoms with Gasteiger partial charge in [-0.2, -0.15) is 0 Å². The maximum atomic E-state index is 12.3. The Hall–Kier alpha value is -1.47. The Bertz CT molecular complexity index is 719. The molecule has 0 aliphatic rings. The Kier molecular flexibility index (Phi) is 6.12. The van der Waals surface area contributed by atoms with E-state index in [1.165, 1.54) is 23.9 Å². The van der Waals surface area contributed by atoms with Crippen molar-refractivity contribution in [3.63, 3.8) is 0 Å². The van der Waals surface area contributed by atoms with Crippen LogP contribution in [0.25, 0.3) is 0 Å². The van der Waals surface area contributed by atoms with E-state index in [2.05, 4.69) is 9.71 Å². The zero-order chi connectivity index (χ0) is 16.9. The summed E-state index contributed by atoms with van der Waals surface area (Å²) >= 11 is 5.69. The molecule has 124 valence electrons. The fourth-order valence-corrected chi connectivity index (χ4v) is 3.26. The van der Waals surface area contributed by atoms with Gasteiger partial charge in [-0.1, -0.05) is 41.9 Å². The Morgan fingerprint density at radius 3 is 2.43 bits per heavy atom. The first-order valence-corrected chi connectivity index (χ1v) is 9.06. The van der Waals surface area contributed by atoms with E-state index in [1.807, 2.05) is 49.3 Å². The minimum atomic E-state index is -3.60. The van der Waals surface area contributed by atoms with Crippen molar-refractivity contribution >= 4 is 21.6 Å². The van der Waals surface area contributed by atoms with E-state index in [4.69, 9.17) is 11.6 Å². The highest BCUT2D eigenvalue weighted by atomic mass is 35.5. The second kappa shape index (κ2) is 7.88. The lowest BCUT2D eigenvalue weighted by Gasteiger charge is -2.24. The smallest absolute Gasteiger partial charge is 0.242 e. The first-order chi connectivity index (χ1) is 10.9. The molecule has 1 aromatic heterocycles. The number of hydrogen-bond acceptors (Lipinski definition) is 4. The van der Waals surface area contributed by atoms with Crippen LogP contribution in [0.15, 0.2) is 53.6 Å². The van der Waals surface area contributed by atoms with Gasteiger partial charge in [0.15, 0.2) is 0 Å². The summed E-state index contributed by atoms with van der Waals surface area (Å²) in [7, 11) is 0.277. The van der Waals surface area contributed by atoms with Gasteiger partial charge in [-0.05, 0) is 38.2 Å². The molecule has 1 aromatic carbocycles. The van der Waals surface area contributed by atoms with Gasteiger partial charge in [-0.25, -0.2) is 18.1 Å². The third-order valence-electron chi connectivity index (χ3n) is 3.56. The van der Waals surface area contributed by atoms with Crippen molar-refractivity contribution < 1.29 is 8.42 Å². The van der Waals surface area contributed by atoms with Gasteiger partial charge < -0.3 is 4.90 Å². The molecule has 0 amide bonds. The number of halogens is 1. The van der Waals surface area contributed by atoms with Crippen LogP contribution in [-0.4, -0.2) is 45.0 Å². The van der Waals surface area contributed by atoms with Gasteiger partial charge >= 0.3 is 0 Å². The Labute approximate surface area is 142 Å². The Morgan fingerprint density at radius 2 is 1.87 bits per heavy atom. The summed E-state index contributed by atoms with van der Waals surface area (Å²) < 4.78 is 27.3. The van der Waals surface area contributed by atoms with Gasteiger partial charge in [0.1, 0.15) is 10.0 Å². The zero-order valence-electron chi connectivity index (χ0n) is 13.1. The van der Waals surface area contributed by atoms with E-state index in [0.29, 0.717) is 6.54 Å². The highest BCUT2D eigenvalue weighted by Crippen LogP contribution is 2.12. The van der Waals surface area contributed by atoms with Crippen molar-refractivity contribution in [2.24, 2.45) is 0 Å². The molecule has 0 saturated carbocycles. The van der Waals surface area contributed by atoms with Gasteiger partial charge in [0.2, 0.25) is 10.0 Å². The molecule has 0 aliphatic carbocycles. The summed E-state index contributed by atoms with van der Waals surface area (Å²) in [6, 6.07) is 12.9. The molecule has 7 heteroatoms. The summed E-state index contributed by atoms with van der Waals surface area (Å²) in [6.45, 7) is 0.312. The molecular formula is C16H20ClN3O2S. The Morgan fingerprint density at radius 1 is 1.17 bits per heavy atom. The number of sulfonamides is 1. The van der Waals surface area contributed by atoms with Crippen LogP contribution in [-0.2, 0) is 16.4 Å². The quantitative estimate of drug-likeness (QED) is 0.775. The number of nitrogens with zero attached hydrogens (tertiary/aromatic N) is 2. The van der Waals surface area contributed by atoms with Crippen molar-refractivity contribution in [3.8, 4) is 0 Å². The standard InChI is InChI=1S/C16H20ClN3O2S/c1-20(2)14(10-13-6-4-3-5-7-13)11-19-23(21,22)15-8-9-16(17)18-12-15/h3-9,12,14,19H,10-11H2,1-2H3. The van der Waals surface area contributed by atoms with Gasteiger partial charge in [-0.15, -0.1) is 0 Å². The minimum Gasteiger partial charge on any atom is -0.305 e. The van der Waals surface area contributed by atoms with E-state index < -0.39 is 10.0 Å². The molecule has 2 rings (SSSR count). The first kappa shape index (κ1) is 17.9. The second-order valence-corrected chi connectivity index (χ2v) is 7.63. The highest BCUT2D eigenvalue weighted by Gasteiger charge is 2.19. The number of benzene rings is 1. The van der Waals surface area contributed by atoms with Crippen LogP contribution < -0.4 is 4.72 Å². The van der Waals surface area contributed by atoms with E-state index in [9.17, 15) is 8.42 Å². The molecule has 1 N–H and O–H groups in total. The molecular weight excluding hydrogens is 334 g/mol. The lowest BCUT2D eigenvalue weighted by Crippen LogP contribution is -2.41. The van der Waals surface area contributed by atoms with Gasteiger partial charge in [0, 0.05) is 18.8 Å². The highest BCUT2D eigenvalue weighted by molar-refractivity contribution is 7.89. The van der Waals surface area contributed by atoms with E-state index in [1.54, 1.807) is 0 Å². The minimum absolute atomic E-state index is 0.0486. The van der Waals surface area contributed by atoms with Crippen LogP contribution in [0.5, 0.6) is 0 Å². The van der Waals surface area contributed by atoms with Gasteiger partial charge in [-0.3, -0.25) is 0 Å². The topological polar surface area (TPSA) is 62.3 Å². The number of aromatic nitrogens is 1. The fourth-order valence-electron chi connectivity index (χ4n) is 2.13. The first-order valence-electron chi connectivity index (χ1n) is 7.20. The fraction of sp³-hybridized carbons (Fsp3) is 0.312. The van der Waals surface area contributed by atoms with Gasteiger partial charge in [0.05, 0.1) is 0 Å². The summed E-state index contributed by atoms with van der Waals surface area (Å²) in [5.41, 5.74) is 1.17. The molecule has 1 unspecified atom stereocenters. The van der Waals surface area contributed by atoms with E-state index in [-0.39, 0.29) is 16.1 Å². The van der Waals surface area contributed by atoms with Crippen LogP contribution in [0.3, 0.4) is 0 Å². The molecule has 1 heterocycles. The van der Waals surface area contributed by atoms with Crippen LogP contribution in [0.2, 0.25) is 5.15 Å². The third-order valence-corrected chi connectivity index (χ3v) is 5.20. The molecule has 0 radical (unpaired) electrons. The molecule has 2 aromatic rings. The van der Waals surface area contributed by atoms with Crippen molar-refractivity contribution in [2.45, 2.75) is 17.4 Å². The summed E-state index contributed by atoms with van der Waals surface area (Å²) in [5.74, 6) is 0. The molecule has 0 bridgehead atoms. The average molecular weight is 354 g/mol. The maximum Gasteiger partial charge on any atom is 0.242 e. The van der Waals surface area contributed by atoms with E-state index in [0.717, 1.165) is 6.42 Å². The molecule has 23 heavy (non-hydrogen) atoms. The summed E-state index contributed by atoms with van der Waals surface area (Å²) in [6.07, 6.45) is 2.02. The third kappa shape index (κ3) is 5.28. The molecule has 0 aliphatic heterocycles. The van der Waals surface area contributed by atoms with Crippen LogP contribution in [0, 0.1) is 0 Å². The van der Waals surface area contributed by atoms with Crippen molar-refractivity contribution in [2.75, 3.05) is 20.6 Å². The predicted octanol–water partition coefficient (Wildman–Crippen LogP) is 2.19. The number of rotatable bonds is 7. The lowest BCUT2D eigenvalue weighted by atomic mass is 10.1. The van der Waals surface area contributed by atoms with Crippen molar-refractivity contribution in [3.05, 3.63) is 59.4 Å². The normalized spacial score (nSPS) is 13.2. The number of likely N-dealkylation sites (N-methyl/N-ethyl adjacent to an activating group) is 1. The van der Waals surface area contributed by atoms with Crippen LogP contribution in [0.4, 0.5) is 0 Å². The molecule has 5 nitrogen and oxygen atoms in total. The van der Waals surface area contributed by atoms with Crippen molar-refractivity contribution in [1.29, 1.82) is 0 Å². The van der Waals surface area contributed by atoms with E-state index >= 15 is 0 Å². The van der Waals surface area contributed by atoms with Crippen LogP contribution in [0.1, 0.15) is 5.56 Å². The number of nitrogens with one attached hydrogen (secondary N) is 1. The molecule has 0 fully saturated rings. The number of hydrogen-bond donors (Lipinski definition) is 1. The summed E-state index contributed by atoms with van der Waals surface area (Å²) in [4.78, 5) is 5.93. The summed E-state index contributed by atoms with van der Waals surface area (Å²) in [5, 5.41) is 0.263. The SMILES string of the molecule is CN(C)C(CNS(=O)(=O)c1ccc(Cl)nc1)Cc1ccccc1. The average Bonchev–Trinajstić information content (AvgIpc) is 2.52. The second-order valence-electron chi connectivity index (χ2n) is 5.48. The van der Waals surface area contributed by atoms with Crippen molar-refractivity contribution in [1.82, 2.24) is 14.6 Å². The Balaban J connectivity index is 2.04. The zero-order valence-corrected chi connectivity index (χ0v) is 14.7. The molecule has 1 atom stereocenters. The lowest BCUT2D eigenvalue weighted by molar-refractivity contribution is 0.291. The van der Waals surface area contributed by atoms with Crippen LogP contribution >= 0.6 is 11.6 Å². The number of pyridine rings is 1. The monoisotopic (exact) mass is 353 g/mol. The maximum absolute atomic E-state index is 12.3. The largest absolute Gasteiger partial charge is 0.305 e. The predicted molar refractivity (Wildman–Crippen MR) is 92.1 cm³/mol. The van der Waals surface area contributed by atoms with Gasteiger partial charge in [0.25, 0.3) is 0 Å². The molecule has 0 saturated heterocycles.